The summed E-state index contributed by atoms with van der Waals surface area (Å²) in [6, 6.07) is 12.5. The molecule has 184 valence electrons. The van der Waals surface area contributed by atoms with Crippen LogP contribution >= 0.6 is 23.2 Å². The Hall–Kier alpha value is -3.46. The van der Waals surface area contributed by atoms with Crippen molar-refractivity contribution in [3.8, 4) is 11.3 Å². The Morgan fingerprint density at radius 1 is 1.14 bits per heavy atom. The highest BCUT2D eigenvalue weighted by Gasteiger charge is 2.31. The van der Waals surface area contributed by atoms with Crippen molar-refractivity contribution >= 4 is 40.7 Å². The van der Waals surface area contributed by atoms with Crippen molar-refractivity contribution in [1.29, 1.82) is 0 Å². The number of aryl methyl sites for hydroxylation is 1. The Morgan fingerprint density at radius 3 is 2.64 bits per heavy atom. The van der Waals surface area contributed by atoms with Gasteiger partial charge in [-0.1, -0.05) is 35.3 Å². The predicted octanol–water partition coefficient (Wildman–Crippen LogP) is 5.63. The number of hydrogen-bond acceptors (Lipinski definition) is 5. The SMILES string of the molecule is Cc1cnc(Nc2ccc(F)cc2Cl)nc1-c1cc2n(c1)CCN(C(CO)c1ccc(Cl)cc1)C2=O. The van der Waals surface area contributed by atoms with Gasteiger partial charge in [-0.15, -0.1) is 0 Å². The van der Waals surface area contributed by atoms with E-state index >= 15 is 0 Å². The number of anilines is 2. The van der Waals surface area contributed by atoms with Crippen LogP contribution < -0.4 is 5.32 Å². The highest BCUT2D eigenvalue weighted by Crippen LogP contribution is 2.31. The van der Waals surface area contributed by atoms with Gasteiger partial charge in [0.15, 0.2) is 0 Å². The van der Waals surface area contributed by atoms with E-state index < -0.39 is 11.9 Å². The number of nitrogens with one attached hydrogen (secondary N) is 1. The van der Waals surface area contributed by atoms with Crippen LogP contribution in [-0.4, -0.2) is 43.6 Å². The molecule has 1 aliphatic rings. The van der Waals surface area contributed by atoms with Gasteiger partial charge in [-0.2, -0.15) is 0 Å². The lowest BCUT2D eigenvalue weighted by Gasteiger charge is -2.34. The quantitative estimate of drug-likeness (QED) is 0.340. The maximum Gasteiger partial charge on any atom is 0.271 e. The largest absolute Gasteiger partial charge is 0.394 e. The summed E-state index contributed by atoms with van der Waals surface area (Å²) in [7, 11) is 0. The smallest absolute Gasteiger partial charge is 0.271 e. The summed E-state index contributed by atoms with van der Waals surface area (Å²) in [5.41, 5.74) is 4.05. The molecule has 36 heavy (non-hydrogen) atoms. The van der Waals surface area contributed by atoms with Gasteiger partial charge in [0.2, 0.25) is 5.95 Å². The fraction of sp³-hybridized carbons (Fsp3) is 0.192. The van der Waals surface area contributed by atoms with E-state index in [2.05, 4.69) is 15.3 Å². The molecule has 2 aromatic carbocycles. The molecule has 1 aliphatic heterocycles. The molecule has 0 aliphatic carbocycles. The third-order valence-corrected chi connectivity index (χ3v) is 6.75. The lowest BCUT2D eigenvalue weighted by molar-refractivity contribution is 0.0526. The molecule has 0 bridgehead atoms. The van der Waals surface area contributed by atoms with E-state index in [0.29, 0.717) is 41.1 Å². The molecule has 10 heteroatoms. The van der Waals surface area contributed by atoms with Gasteiger partial charge in [0, 0.05) is 36.1 Å². The number of aliphatic hydroxyl groups is 1. The fourth-order valence-electron chi connectivity index (χ4n) is 4.34. The second-order valence-corrected chi connectivity index (χ2v) is 9.37. The Labute approximate surface area is 217 Å². The van der Waals surface area contributed by atoms with E-state index in [9.17, 15) is 14.3 Å². The third-order valence-electron chi connectivity index (χ3n) is 6.19. The van der Waals surface area contributed by atoms with E-state index in [0.717, 1.165) is 16.7 Å². The van der Waals surface area contributed by atoms with Crippen LogP contribution in [0.3, 0.4) is 0 Å². The van der Waals surface area contributed by atoms with Gasteiger partial charge in [-0.25, -0.2) is 14.4 Å². The first kappa shape index (κ1) is 24.2. The lowest BCUT2D eigenvalue weighted by Crippen LogP contribution is -2.43. The number of aromatic nitrogens is 3. The molecule has 2 aromatic heterocycles. The minimum absolute atomic E-state index is 0.176. The Bertz CT molecular complexity index is 1440. The minimum atomic E-state index is -0.473. The number of aliphatic hydroxyl groups excluding tert-OH is 1. The van der Waals surface area contributed by atoms with Crippen LogP contribution in [0.4, 0.5) is 16.0 Å². The second-order valence-electron chi connectivity index (χ2n) is 8.53. The average molecular weight is 526 g/mol. The van der Waals surface area contributed by atoms with Crippen molar-refractivity contribution in [2.24, 2.45) is 0 Å². The molecule has 3 heterocycles. The Kier molecular flexibility index (Phi) is 6.66. The van der Waals surface area contributed by atoms with E-state index in [4.69, 9.17) is 23.2 Å². The lowest BCUT2D eigenvalue weighted by atomic mass is 10.0. The van der Waals surface area contributed by atoms with Gasteiger partial charge in [-0.3, -0.25) is 4.79 Å². The van der Waals surface area contributed by atoms with Crippen molar-refractivity contribution in [2.75, 3.05) is 18.5 Å². The first-order valence-electron chi connectivity index (χ1n) is 11.3. The number of fused-ring (bicyclic) bond motifs is 1. The van der Waals surface area contributed by atoms with Crippen molar-refractivity contribution in [2.45, 2.75) is 19.5 Å². The van der Waals surface area contributed by atoms with Crippen molar-refractivity contribution in [1.82, 2.24) is 19.4 Å². The van der Waals surface area contributed by atoms with Crippen LogP contribution in [-0.2, 0) is 6.54 Å². The summed E-state index contributed by atoms with van der Waals surface area (Å²) in [4.78, 5) is 24.1. The zero-order chi connectivity index (χ0) is 25.4. The molecule has 0 saturated heterocycles. The average Bonchev–Trinajstić information content (AvgIpc) is 3.30. The molecule has 2 N–H and O–H groups in total. The molecular formula is C26H22Cl2FN5O2. The fourth-order valence-corrected chi connectivity index (χ4v) is 4.68. The van der Waals surface area contributed by atoms with Gasteiger partial charge in [0.1, 0.15) is 11.5 Å². The summed E-state index contributed by atoms with van der Waals surface area (Å²) >= 11 is 12.1. The van der Waals surface area contributed by atoms with Gasteiger partial charge < -0.3 is 19.9 Å². The topological polar surface area (TPSA) is 83.3 Å². The van der Waals surface area contributed by atoms with E-state index in [1.165, 1.54) is 18.2 Å². The first-order valence-corrected chi connectivity index (χ1v) is 12.0. The molecule has 5 rings (SSSR count). The van der Waals surface area contributed by atoms with Crippen LogP contribution in [0, 0.1) is 12.7 Å². The van der Waals surface area contributed by atoms with Crippen molar-refractivity contribution in [3.63, 3.8) is 0 Å². The molecule has 0 saturated carbocycles. The number of carbonyl (C=O) groups is 1. The van der Waals surface area contributed by atoms with Crippen LogP contribution in [0.2, 0.25) is 10.0 Å². The zero-order valence-corrected chi connectivity index (χ0v) is 20.8. The molecule has 0 spiro atoms. The zero-order valence-electron chi connectivity index (χ0n) is 19.3. The van der Waals surface area contributed by atoms with Crippen molar-refractivity contribution in [3.05, 3.63) is 93.6 Å². The predicted molar refractivity (Wildman–Crippen MR) is 137 cm³/mol. The van der Waals surface area contributed by atoms with Gasteiger partial charge in [0.25, 0.3) is 5.91 Å². The Balaban J connectivity index is 1.43. The standard InChI is InChI=1S/C26H22Cl2FN5O2/c1-15-12-30-26(31-21-7-6-19(29)11-20(21)28)32-24(15)17-10-22-25(36)34(9-8-33(22)13-17)23(14-35)16-2-4-18(27)5-3-16/h2-7,10-13,23,35H,8-9,14H2,1H3,(H,30,31,32). The number of halogens is 3. The minimum Gasteiger partial charge on any atom is -0.394 e. The normalized spacial score (nSPS) is 14.0. The summed E-state index contributed by atoms with van der Waals surface area (Å²) in [5.74, 6) is -0.317. The van der Waals surface area contributed by atoms with Crippen molar-refractivity contribution < 1.29 is 14.3 Å². The van der Waals surface area contributed by atoms with Gasteiger partial charge in [-0.05, 0) is 54.4 Å². The van der Waals surface area contributed by atoms with Gasteiger partial charge in [0.05, 0.1) is 29.1 Å². The van der Waals surface area contributed by atoms with Crippen LogP contribution in [0.25, 0.3) is 11.3 Å². The highest BCUT2D eigenvalue weighted by molar-refractivity contribution is 6.33. The molecule has 1 atom stereocenters. The number of carbonyl (C=O) groups excluding carboxylic acids is 1. The summed E-state index contributed by atoms with van der Waals surface area (Å²) in [6.07, 6.45) is 3.57. The summed E-state index contributed by atoms with van der Waals surface area (Å²) in [6.45, 7) is 2.71. The monoisotopic (exact) mass is 525 g/mol. The maximum absolute atomic E-state index is 13.4. The molecule has 7 nitrogen and oxygen atoms in total. The Morgan fingerprint density at radius 2 is 1.92 bits per heavy atom. The number of nitrogens with zero attached hydrogens (tertiary/aromatic N) is 4. The summed E-state index contributed by atoms with van der Waals surface area (Å²) < 4.78 is 15.3. The number of rotatable bonds is 6. The van der Waals surface area contributed by atoms with Gasteiger partial charge >= 0.3 is 0 Å². The van der Waals surface area contributed by atoms with E-state index in [-0.39, 0.29) is 17.5 Å². The number of benzene rings is 2. The molecule has 1 amide bonds. The second kappa shape index (κ2) is 9.89. The van der Waals surface area contributed by atoms with Crippen LogP contribution in [0.5, 0.6) is 0 Å². The number of amides is 1. The van der Waals surface area contributed by atoms with Crippen LogP contribution in [0.15, 0.2) is 60.9 Å². The molecule has 1 unspecified atom stereocenters. The third kappa shape index (κ3) is 4.67. The molecule has 0 radical (unpaired) electrons. The van der Waals surface area contributed by atoms with Crippen LogP contribution in [0.1, 0.15) is 27.7 Å². The first-order chi connectivity index (χ1) is 17.3. The maximum atomic E-state index is 13.4. The molecular weight excluding hydrogens is 504 g/mol. The molecule has 0 fully saturated rings. The highest BCUT2D eigenvalue weighted by atomic mass is 35.5. The summed E-state index contributed by atoms with van der Waals surface area (Å²) in [5, 5.41) is 13.9. The van der Waals surface area contributed by atoms with E-state index in [1.807, 2.05) is 29.8 Å². The number of hydrogen-bond donors (Lipinski definition) is 2. The van der Waals surface area contributed by atoms with E-state index in [1.54, 1.807) is 29.3 Å². The molecule has 4 aromatic rings.